The van der Waals surface area contributed by atoms with Gasteiger partial charge in [0.25, 0.3) is 0 Å². The molecule has 0 aromatic carbocycles. The third kappa shape index (κ3) is 3.08. The summed E-state index contributed by atoms with van der Waals surface area (Å²) in [4.78, 5) is 35.8. The van der Waals surface area contributed by atoms with Crippen LogP contribution >= 0.6 is 34.8 Å². The van der Waals surface area contributed by atoms with E-state index in [1.54, 1.807) is 20.8 Å². The van der Waals surface area contributed by atoms with Crippen molar-refractivity contribution in [2.24, 2.45) is 17.8 Å². The Morgan fingerprint density at radius 3 is 2.54 bits per heavy atom. The first-order valence-electron chi connectivity index (χ1n) is 9.14. The van der Waals surface area contributed by atoms with Crippen molar-refractivity contribution in [2.45, 2.75) is 62.2 Å². The van der Waals surface area contributed by atoms with E-state index < -0.39 is 57.8 Å². The number of ketones is 1. The number of allylic oxidation sites excluding steroid dienone is 1. The van der Waals surface area contributed by atoms with Crippen LogP contribution in [0.2, 0.25) is 0 Å². The molecule has 1 heterocycles. The van der Waals surface area contributed by atoms with E-state index in [-0.39, 0.29) is 18.1 Å². The largest absolute Gasteiger partial charge is 0.462 e. The highest BCUT2D eigenvalue weighted by molar-refractivity contribution is 6.40. The van der Waals surface area contributed by atoms with Crippen LogP contribution in [0.3, 0.4) is 0 Å². The van der Waals surface area contributed by atoms with Crippen molar-refractivity contribution in [3.05, 3.63) is 11.1 Å². The molecule has 0 amide bonds. The van der Waals surface area contributed by atoms with E-state index in [1.165, 1.54) is 6.92 Å². The molecular formula is C19H23Cl3O6. The molecule has 2 fully saturated rings. The van der Waals surface area contributed by atoms with Gasteiger partial charge < -0.3 is 14.6 Å². The van der Waals surface area contributed by atoms with Gasteiger partial charge in [-0.05, 0) is 25.0 Å². The summed E-state index contributed by atoms with van der Waals surface area (Å²) >= 11 is 19.0. The smallest absolute Gasteiger partial charge is 0.329 e. The van der Waals surface area contributed by atoms with E-state index in [9.17, 15) is 19.5 Å². The van der Waals surface area contributed by atoms with E-state index in [0.717, 1.165) is 0 Å². The molecule has 0 bridgehead atoms. The molecule has 0 spiro atoms. The number of ether oxygens (including phenoxy) is 2. The van der Waals surface area contributed by atoms with Crippen LogP contribution < -0.4 is 0 Å². The predicted octanol–water partition coefficient (Wildman–Crippen LogP) is 2.59. The van der Waals surface area contributed by atoms with Crippen LogP contribution in [0.5, 0.6) is 0 Å². The number of hydrogen-bond acceptors (Lipinski definition) is 6. The molecule has 156 valence electrons. The maximum absolute atomic E-state index is 12.6. The van der Waals surface area contributed by atoms with E-state index in [4.69, 9.17) is 44.3 Å². The Morgan fingerprint density at radius 2 is 2.00 bits per heavy atom. The Kier molecular flexibility index (Phi) is 5.59. The predicted molar refractivity (Wildman–Crippen MR) is 103 cm³/mol. The number of esters is 2. The third-order valence-corrected chi connectivity index (χ3v) is 7.58. The molecule has 3 aliphatic rings. The minimum absolute atomic E-state index is 0.0629. The van der Waals surface area contributed by atoms with Gasteiger partial charge in [0.1, 0.15) is 17.6 Å². The maximum atomic E-state index is 12.6. The van der Waals surface area contributed by atoms with Gasteiger partial charge in [-0.15, -0.1) is 34.8 Å². The molecule has 9 heteroatoms. The van der Waals surface area contributed by atoms with Crippen molar-refractivity contribution in [2.75, 3.05) is 5.88 Å². The van der Waals surface area contributed by atoms with Gasteiger partial charge in [-0.2, -0.15) is 0 Å². The fraction of sp³-hybridized carbons (Fsp3) is 0.737. The zero-order valence-corrected chi connectivity index (χ0v) is 18.3. The number of aliphatic hydroxyl groups is 1. The standard InChI is InChI=1S/C19H23Cl3O6/c1-7(2)16(24)27-9-5-18(4,26)12-10(8(3)14(23)13(12)21)15-11(9)19(22,6-20)17(25)28-15/h7,9,11-13,15,26H,5-6H2,1-4H3/t9-,11-,12+,13?,15-,18-,19?/m1/s1. The highest BCUT2D eigenvalue weighted by atomic mass is 35.5. The monoisotopic (exact) mass is 452 g/mol. The first-order chi connectivity index (χ1) is 12.9. The van der Waals surface area contributed by atoms with Gasteiger partial charge in [-0.25, -0.2) is 0 Å². The summed E-state index contributed by atoms with van der Waals surface area (Å²) in [5.74, 6) is -3.92. The van der Waals surface area contributed by atoms with Crippen molar-refractivity contribution in [1.82, 2.24) is 0 Å². The van der Waals surface area contributed by atoms with Gasteiger partial charge in [0.15, 0.2) is 10.7 Å². The summed E-state index contributed by atoms with van der Waals surface area (Å²) in [5, 5.41) is 10.2. The van der Waals surface area contributed by atoms with E-state index >= 15 is 0 Å². The molecule has 1 saturated heterocycles. The molecule has 3 rings (SSSR count). The number of carbonyl (C=O) groups is 3. The highest BCUT2D eigenvalue weighted by Gasteiger charge is 2.67. The Bertz CT molecular complexity index is 761. The van der Waals surface area contributed by atoms with Crippen molar-refractivity contribution in [3.63, 3.8) is 0 Å². The first-order valence-corrected chi connectivity index (χ1v) is 10.5. The lowest BCUT2D eigenvalue weighted by atomic mass is 9.81. The van der Waals surface area contributed by atoms with E-state index in [1.807, 2.05) is 0 Å². The minimum atomic E-state index is -1.65. The molecule has 7 atom stereocenters. The van der Waals surface area contributed by atoms with Crippen LogP contribution in [0.4, 0.5) is 0 Å². The summed E-state index contributed by atoms with van der Waals surface area (Å²) in [6, 6.07) is 0. The van der Waals surface area contributed by atoms with Crippen molar-refractivity contribution in [3.8, 4) is 0 Å². The lowest BCUT2D eigenvalue weighted by Crippen LogP contribution is -2.48. The summed E-state index contributed by atoms with van der Waals surface area (Å²) in [5.41, 5.74) is -0.721. The number of carbonyl (C=O) groups excluding carboxylic acids is 3. The van der Waals surface area contributed by atoms with E-state index in [2.05, 4.69) is 0 Å². The molecule has 2 aliphatic carbocycles. The fourth-order valence-corrected chi connectivity index (χ4v) is 5.70. The summed E-state index contributed by atoms with van der Waals surface area (Å²) < 4.78 is 11.2. The van der Waals surface area contributed by atoms with Crippen LogP contribution in [0.25, 0.3) is 0 Å². The molecule has 0 aromatic heterocycles. The first kappa shape index (κ1) is 21.9. The molecular weight excluding hydrogens is 431 g/mol. The third-order valence-electron chi connectivity index (χ3n) is 6.03. The molecule has 6 nitrogen and oxygen atoms in total. The SMILES string of the molecule is CC1=C2[C@H]3OC(=O)C(Cl)(CCl)[C@@H]3[C@H](OC(=O)C(C)C)C[C@@](C)(O)[C@@H]2C(Cl)C1=O. The van der Waals surface area contributed by atoms with Gasteiger partial charge in [-0.3, -0.25) is 14.4 Å². The average Bonchev–Trinajstić information content (AvgIpc) is 2.96. The van der Waals surface area contributed by atoms with Crippen LogP contribution in [-0.4, -0.2) is 56.8 Å². The number of hydrogen-bond donors (Lipinski definition) is 1. The zero-order valence-electron chi connectivity index (χ0n) is 16.0. The highest BCUT2D eigenvalue weighted by Crippen LogP contribution is 2.55. The van der Waals surface area contributed by atoms with Gasteiger partial charge >= 0.3 is 11.9 Å². The molecule has 0 aromatic rings. The Labute approximate surface area is 178 Å². The quantitative estimate of drug-likeness (QED) is 0.522. The van der Waals surface area contributed by atoms with E-state index in [0.29, 0.717) is 11.1 Å². The van der Waals surface area contributed by atoms with Crippen LogP contribution in [0.1, 0.15) is 34.1 Å². The average molecular weight is 454 g/mol. The Morgan fingerprint density at radius 1 is 1.39 bits per heavy atom. The normalized spacial score (nSPS) is 43.0. The Hall–Kier alpha value is -0.820. The molecule has 1 aliphatic heterocycles. The zero-order chi connectivity index (χ0) is 21.2. The summed E-state index contributed by atoms with van der Waals surface area (Å²) in [6.45, 7) is 6.47. The van der Waals surface area contributed by atoms with Crippen LogP contribution in [-0.2, 0) is 23.9 Å². The van der Waals surface area contributed by atoms with Gasteiger partial charge in [-0.1, -0.05) is 13.8 Å². The van der Waals surface area contributed by atoms with Crippen molar-refractivity contribution in [1.29, 1.82) is 0 Å². The molecule has 1 N–H and O–H groups in total. The second-order valence-corrected chi connectivity index (χ2v) is 9.78. The maximum Gasteiger partial charge on any atom is 0.329 e. The topological polar surface area (TPSA) is 89.9 Å². The number of alkyl halides is 3. The molecule has 1 saturated carbocycles. The van der Waals surface area contributed by atoms with Gasteiger partial charge in [0, 0.05) is 12.3 Å². The number of halogens is 3. The van der Waals surface area contributed by atoms with Crippen LogP contribution in [0, 0.1) is 17.8 Å². The molecule has 0 radical (unpaired) electrons. The van der Waals surface area contributed by atoms with Crippen molar-refractivity contribution >= 4 is 52.5 Å². The lowest BCUT2D eigenvalue weighted by Gasteiger charge is -2.35. The lowest BCUT2D eigenvalue weighted by molar-refractivity contribution is -0.160. The Balaban J connectivity index is 2.18. The van der Waals surface area contributed by atoms with Crippen molar-refractivity contribution < 1.29 is 29.0 Å². The summed E-state index contributed by atoms with van der Waals surface area (Å²) in [6.07, 6.45) is -1.96. The van der Waals surface area contributed by atoms with Gasteiger partial charge in [0.05, 0.1) is 23.3 Å². The van der Waals surface area contributed by atoms with Gasteiger partial charge in [0.2, 0.25) is 0 Å². The number of Topliss-reactive ketones (excluding diaryl/α,β-unsaturated/α-hetero) is 1. The minimum Gasteiger partial charge on any atom is -0.462 e. The fourth-order valence-electron chi connectivity index (χ4n) is 4.55. The number of fused-ring (bicyclic) bond motifs is 3. The second-order valence-electron chi connectivity index (χ2n) is 8.36. The molecule has 28 heavy (non-hydrogen) atoms. The second kappa shape index (κ2) is 7.15. The van der Waals surface area contributed by atoms with Crippen LogP contribution in [0.15, 0.2) is 11.1 Å². The molecule has 2 unspecified atom stereocenters. The number of rotatable bonds is 3. The summed E-state index contributed by atoms with van der Waals surface area (Å²) in [7, 11) is 0.